The number of carbonyl (C=O) groups excluding carboxylic acids is 2. The summed E-state index contributed by atoms with van der Waals surface area (Å²) in [4.78, 5) is 23.2. The highest BCUT2D eigenvalue weighted by molar-refractivity contribution is 6.32. The van der Waals surface area contributed by atoms with E-state index in [9.17, 15) is 30.0 Å². The van der Waals surface area contributed by atoms with E-state index in [0.29, 0.717) is 0 Å². The molecule has 17 heavy (non-hydrogen) atoms. The van der Waals surface area contributed by atoms with Gasteiger partial charge < -0.3 is 20.4 Å². The van der Waals surface area contributed by atoms with Gasteiger partial charge in [0.2, 0.25) is 11.6 Å². The largest absolute Gasteiger partial charge is 0.355 e. The lowest BCUT2D eigenvalue weighted by atomic mass is 9.80. The van der Waals surface area contributed by atoms with Crippen molar-refractivity contribution in [3.63, 3.8) is 0 Å². The third-order valence-electron chi connectivity index (χ3n) is 2.59. The summed E-state index contributed by atoms with van der Waals surface area (Å²) in [6, 6.07) is 3.42. The first-order valence-corrected chi connectivity index (χ1v) is 4.86. The SMILES string of the molecule is O=C1c2ccc(Cl)cc2C(=O)C(O)(O)C1(O)O. The summed E-state index contributed by atoms with van der Waals surface area (Å²) in [6.07, 6.45) is 0. The van der Waals surface area contributed by atoms with Crippen LogP contribution in [0.25, 0.3) is 0 Å². The summed E-state index contributed by atoms with van der Waals surface area (Å²) in [6.45, 7) is 0. The number of carbonyl (C=O) groups is 2. The number of rotatable bonds is 0. The maximum Gasteiger partial charge on any atom is 0.292 e. The second-order valence-electron chi connectivity index (χ2n) is 3.69. The van der Waals surface area contributed by atoms with Crippen molar-refractivity contribution in [2.24, 2.45) is 0 Å². The molecule has 0 unspecified atom stereocenters. The van der Waals surface area contributed by atoms with Gasteiger partial charge in [0.15, 0.2) is 0 Å². The Labute approximate surface area is 99.7 Å². The number of hydrogen-bond donors (Lipinski definition) is 4. The van der Waals surface area contributed by atoms with Crippen molar-refractivity contribution in [1.29, 1.82) is 0 Å². The first kappa shape index (κ1) is 12.2. The molecule has 1 aromatic carbocycles. The van der Waals surface area contributed by atoms with Crippen LogP contribution in [0.3, 0.4) is 0 Å². The van der Waals surface area contributed by atoms with Crippen molar-refractivity contribution in [1.82, 2.24) is 0 Å². The van der Waals surface area contributed by atoms with E-state index in [1.807, 2.05) is 0 Å². The Bertz CT molecular complexity index is 534. The van der Waals surface area contributed by atoms with Gasteiger partial charge in [0.05, 0.1) is 0 Å². The van der Waals surface area contributed by atoms with Crippen molar-refractivity contribution in [2.45, 2.75) is 11.6 Å². The second kappa shape index (κ2) is 3.34. The van der Waals surface area contributed by atoms with E-state index in [0.717, 1.165) is 12.1 Å². The van der Waals surface area contributed by atoms with E-state index < -0.39 is 23.1 Å². The molecule has 0 heterocycles. The summed E-state index contributed by atoms with van der Waals surface area (Å²) >= 11 is 5.60. The third-order valence-corrected chi connectivity index (χ3v) is 2.83. The molecule has 0 fully saturated rings. The second-order valence-corrected chi connectivity index (χ2v) is 4.13. The molecular formula is C10H7ClO6. The molecule has 4 N–H and O–H groups in total. The van der Waals surface area contributed by atoms with Gasteiger partial charge in [0.1, 0.15) is 0 Å². The molecule has 1 aliphatic rings. The lowest BCUT2D eigenvalue weighted by molar-refractivity contribution is -0.299. The minimum atomic E-state index is -3.60. The molecule has 0 atom stereocenters. The molecule has 0 spiro atoms. The molecule has 1 aliphatic carbocycles. The summed E-state index contributed by atoms with van der Waals surface area (Å²) in [7, 11) is 0. The van der Waals surface area contributed by atoms with Gasteiger partial charge in [-0.1, -0.05) is 11.6 Å². The first-order chi connectivity index (χ1) is 7.69. The molecule has 0 aromatic heterocycles. The average Bonchev–Trinajstić information content (AvgIpc) is 2.25. The van der Waals surface area contributed by atoms with Gasteiger partial charge in [0, 0.05) is 16.1 Å². The fourth-order valence-corrected chi connectivity index (χ4v) is 1.77. The molecule has 7 heteroatoms. The summed E-state index contributed by atoms with van der Waals surface area (Å²) in [5, 5.41) is 37.4. The van der Waals surface area contributed by atoms with Crippen LogP contribution in [0.4, 0.5) is 0 Å². The Kier molecular flexibility index (Phi) is 2.39. The van der Waals surface area contributed by atoms with Crippen molar-refractivity contribution < 1.29 is 30.0 Å². The van der Waals surface area contributed by atoms with Crippen LogP contribution in [0, 0.1) is 0 Å². The first-order valence-electron chi connectivity index (χ1n) is 4.48. The number of Topliss-reactive ketones (excluding diaryl/α,β-unsaturated/α-hetero) is 2. The fourth-order valence-electron chi connectivity index (χ4n) is 1.59. The molecule has 90 valence electrons. The van der Waals surface area contributed by atoms with E-state index >= 15 is 0 Å². The van der Waals surface area contributed by atoms with Crippen molar-refractivity contribution in [3.8, 4) is 0 Å². The summed E-state index contributed by atoms with van der Waals surface area (Å²) < 4.78 is 0. The predicted octanol–water partition coefficient (Wildman–Crippen LogP) is -0.919. The number of aliphatic hydroxyl groups is 4. The number of fused-ring (bicyclic) bond motifs is 1. The molecule has 0 amide bonds. The van der Waals surface area contributed by atoms with Crippen LogP contribution in [-0.4, -0.2) is 43.6 Å². The number of halogens is 1. The quantitative estimate of drug-likeness (QED) is 0.448. The molecular weight excluding hydrogens is 252 g/mol. The Balaban J connectivity index is 2.77. The third kappa shape index (κ3) is 1.43. The molecule has 1 aromatic rings. The van der Waals surface area contributed by atoms with Gasteiger partial charge >= 0.3 is 0 Å². The Morgan fingerprint density at radius 1 is 0.882 bits per heavy atom. The Hall–Kier alpha value is -1.31. The van der Waals surface area contributed by atoms with E-state index in [1.54, 1.807) is 0 Å². The van der Waals surface area contributed by atoms with Gasteiger partial charge in [-0.05, 0) is 18.2 Å². The summed E-state index contributed by atoms with van der Waals surface area (Å²) in [5.41, 5.74) is -0.700. The minimum absolute atomic E-state index is 0.101. The predicted molar refractivity (Wildman–Crippen MR) is 54.5 cm³/mol. The van der Waals surface area contributed by atoms with Crippen LogP contribution in [-0.2, 0) is 0 Å². The van der Waals surface area contributed by atoms with Crippen LogP contribution >= 0.6 is 11.6 Å². The molecule has 0 saturated heterocycles. The van der Waals surface area contributed by atoms with Gasteiger partial charge in [-0.15, -0.1) is 0 Å². The van der Waals surface area contributed by atoms with E-state index in [2.05, 4.69) is 0 Å². The minimum Gasteiger partial charge on any atom is -0.355 e. The maximum atomic E-state index is 11.6. The molecule has 6 nitrogen and oxygen atoms in total. The highest BCUT2D eigenvalue weighted by Gasteiger charge is 2.62. The van der Waals surface area contributed by atoms with E-state index in [4.69, 9.17) is 11.6 Å². The normalized spacial score (nSPS) is 21.2. The zero-order valence-corrected chi connectivity index (χ0v) is 8.97. The van der Waals surface area contributed by atoms with E-state index in [-0.39, 0.29) is 16.1 Å². The lowest BCUT2D eigenvalue weighted by Gasteiger charge is -2.36. The van der Waals surface area contributed by atoms with Crippen LogP contribution in [0.5, 0.6) is 0 Å². The van der Waals surface area contributed by atoms with Crippen LogP contribution in [0.15, 0.2) is 18.2 Å². The van der Waals surface area contributed by atoms with Gasteiger partial charge in [-0.3, -0.25) is 9.59 Å². The van der Waals surface area contributed by atoms with Crippen LogP contribution in [0.1, 0.15) is 20.7 Å². The monoisotopic (exact) mass is 258 g/mol. The Morgan fingerprint density at radius 3 is 1.88 bits per heavy atom. The number of ketones is 2. The van der Waals surface area contributed by atoms with Gasteiger partial charge in [-0.25, -0.2) is 0 Å². The number of benzene rings is 1. The maximum absolute atomic E-state index is 11.6. The smallest absolute Gasteiger partial charge is 0.292 e. The van der Waals surface area contributed by atoms with Gasteiger partial charge in [0.25, 0.3) is 11.6 Å². The van der Waals surface area contributed by atoms with Crippen molar-refractivity contribution in [3.05, 3.63) is 34.3 Å². The topological polar surface area (TPSA) is 115 Å². The zero-order valence-electron chi connectivity index (χ0n) is 8.22. The molecule has 2 rings (SSSR count). The van der Waals surface area contributed by atoms with Gasteiger partial charge in [-0.2, -0.15) is 0 Å². The summed E-state index contributed by atoms with van der Waals surface area (Å²) in [5.74, 6) is -9.96. The van der Waals surface area contributed by atoms with E-state index in [1.165, 1.54) is 6.07 Å². The lowest BCUT2D eigenvalue weighted by Crippen LogP contribution is -2.66. The Morgan fingerprint density at radius 2 is 1.35 bits per heavy atom. The molecule has 0 bridgehead atoms. The zero-order chi connectivity index (χ0) is 13.0. The van der Waals surface area contributed by atoms with Crippen molar-refractivity contribution >= 4 is 23.2 Å². The average molecular weight is 259 g/mol. The molecule has 0 aliphatic heterocycles. The standard InChI is InChI=1S/C10H7ClO6/c11-4-1-2-5-6(3-4)8(13)10(16,17)9(14,15)7(5)12/h1-3,14-17H. The molecule has 0 radical (unpaired) electrons. The van der Waals surface area contributed by atoms with Crippen LogP contribution < -0.4 is 0 Å². The fraction of sp³-hybridized carbons (Fsp3) is 0.200. The highest BCUT2D eigenvalue weighted by atomic mass is 35.5. The molecule has 0 saturated carbocycles. The van der Waals surface area contributed by atoms with Crippen molar-refractivity contribution in [2.75, 3.05) is 0 Å². The van der Waals surface area contributed by atoms with Crippen LogP contribution in [0.2, 0.25) is 5.02 Å². The highest BCUT2D eigenvalue weighted by Crippen LogP contribution is 2.34. The number of hydrogen-bond acceptors (Lipinski definition) is 6.